The van der Waals surface area contributed by atoms with Crippen LogP contribution in [0.15, 0.2) is 30.5 Å². The van der Waals surface area contributed by atoms with Crippen molar-refractivity contribution in [3.05, 3.63) is 41.6 Å². The summed E-state index contributed by atoms with van der Waals surface area (Å²) >= 11 is 0. The van der Waals surface area contributed by atoms with E-state index in [-0.39, 0.29) is 11.3 Å². The van der Waals surface area contributed by atoms with Crippen molar-refractivity contribution in [2.24, 2.45) is 7.05 Å². The molecule has 0 saturated heterocycles. The van der Waals surface area contributed by atoms with Gasteiger partial charge in [-0.25, -0.2) is 0 Å². The lowest BCUT2D eigenvalue weighted by atomic mass is 9.83. The van der Waals surface area contributed by atoms with Gasteiger partial charge in [0.2, 0.25) is 0 Å². The minimum atomic E-state index is -0.175. The minimum absolute atomic E-state index is 0.105. The first-order valence-corrected chi connectivity index (χ1v) is 6.49. The summed E-state index contributed by atoms with van der Waals surface area (Å²) in [6.07, 6.45) is 1.52. The number of amides is 1. The number of nitrogens with two attached hydrogens (primary N) is 1. The van der Waals surface area contributed by atoms with Crippen LogP contribution in [0.5, 0.6) is 0 Å². The fourth-order valence-electron chi connectivity index (χ4n) is 2.12. The first-order valence-electron chi connectivity index (χ1n) is 6.49. The summed E-state index contributed by atoms with van der Waals surface area (Å²) in [6.45, 7) is 6.24. The minimum Gasteiger partial charge on any atom is -0.394 e. The molecule has 2 rings (SSSR count). The van der Waals surface area contributed by atoms with E-state index in [4.69, 9.17) is 5.73 Å². The molecule has 5 heteroatoms. The monoisotopic (exact) mass is 272 g/mol. The van der Waals surface area contributed by atoms with E-state index < -0.39 is 0 Å². The molecule has 2 aromatic rings. The Morgan fingerprint density at radius 3 is 2.50 bits per heavy atom. The maximum absolute atomic E-state index is 12.5. The molecule has 0 radical (unpaired) electrons. The lowest BCUT2D eigenvalue weighted by Gasteiger charge is -2.22. The van der Waals surface area contributed by atoms with Crippen LogP contribution < -0.4 is 11.1 Å². The SMILES string of the molecule is Cn1ncc(N)c1NC(=O)c1ccccc1C(C)(C)C. The van der Waals surface area contributed by atoms with E-state index in [1.54, 1.807) is 11.7 Å². The summed E-state index contributed by atoms with van der Waals surface area (Å²) in [4.78, 5) is 12.5. The van der Waals surface area contributed by atoms with Crippen molar-refractivity contribution in [1.82, 2.24) is 9.78 Å². The molecule has 1 aromatic carbocycles. The van der Waals surface area contributed by atoms with Gasteiger partial charge < -0.3 is 11.1 Å². The molecule has 0 unspecified atom stereocenters. The van der Waals surface area contributed by atoms with Gasteiger partial charge >= 0.3 is 0 Å². The quantitative estimate of drug-likeness (QED) is 0.882. The first kappa shape index (κ1) is 14.1. The van der Waals surface area contributed by atoms with Gasteiger partial charge in [-0.2, -0.15) is 5.10 Å². The number of hydrogen-bond donors (Lipinski definition) is 2. The Balaban J connectivity index is 2.36. The molecule has 0 aliphatic rings. The van der Waals surface area contributed by atoms with E-state index >= 15 is 0 Å². The zero-order valence-corrected chi connectivity index (χ0v) is 12.3. The molecule has 0 atom stereocenters. The second-order valence-corrected chi connectivity index (χ2v) is 5.82. The van der Waals surface area contributed by atoms with Crippen molar-refractivity contribution in [2.45, 2.75) is 26.2 Å². The molecule has 3 N–H and O–H groups in total. The van der Waals surface area contributed by atoms with Gasteiger partial charge in [-0.05, 0) is 17.0 Å². The second-order valence-electron chi connectivity index (χ2n) is 5.82. The van der Waals surface area contributed by atoms with E-state index in [1.165, 1.54) is 6.20 Å². The van der Waals surface area contributed by atoms with E-state index in [0.717, 1.165) is 5.56 Å². The molecular formula is C15H20N4O. The van der Waals surface area contributed by atoms with Crippen LogP contribution in [0.25, 0.3) is 0 Å². The van der Waals surface area contributed by atoms with Gasteiger partial charge in [0, 0.05) is 12.6 Å². The fraction of sp³-hybridized carbons (Fsp3) is 0.333. The smallest absolute Gasteiger partial charge is 0.257 e. The van der Waals surface area contributed by atoms with Gasteiger partial charge in [0.05, 0.1) is 11.9 Å². The average molecular weight is 272 g/mol. The van der Waals surface area contributed by atoms with Crippen LogP contribution >= 0.6 is 0 Å². The van der Waals surface area contributed by atoms with Crippen molar-refractivity contribution < 1.29 is 4.79 Å². The van der Waals surface area contributed by atoms with Crippen molar-refractivity contribution in [1.29, 1.82) is 0 Å². The molecule has 0 spiro atoms. The van der Waals surface area contributed by atoms with Gasteiger partial charge in [-0.3, -0.25) is 9.48 Å². The highest BCUT2D eigenvalue weighted by Gasteiger charge is 2.22. The molecule has 1 aromatic heterocycles. The Kier molecular flexibility index (Phi) is 3.53. The Bertz CT molecular complexity index is 618. The third kappa shape index (κ3) is 2.66. The zero-order chi connectivity index (χ0) is 14.9. The summed E-state index contributed by atoms with van der Waals surface area (Å²) in [6, 6.07) is 7.59. The van der Waals surface area contributed by atoms with Crippen LogP contribution in [0, 0.1) is 0 Å². The number of nitrogen functional groups attached to an aromatic ring is 1. The summed E-state index contributed by atoms with van der Waals surface area (Å²) in [5, 5.41) is 6.83. The highest BCUT2D eigenvalue weighted by atomic mass is 16.1. The van der Waals surface area contributed by atoms with Crippen LogP contribution in [0.3, 0.4) is 0 Å². The number of nitrogens with one attached hydrogen (secondary N) is 1. The highest BCUT2D eigenvalue weighted by molar-refractivity contribution is 6.06. The fourth-order valence-corrected chi connectivity index (χ4v) is 2.12. The highest BCUT2D eigenvalue weighted by Crippen LogP contribution is 2.26. The Hall–Kier alpha value is -2.30. The number of hydrogen-bond acceptors (Lipinski definition) is 3. The predicted octanol–water partition coefficient (Wildman–Crippen LogP) is 2.55. The normalized spacial score (nSPS) is 11.4. The van der Waals surface area contributed by atoms with E-state index in [1.807, 2.05) is 24.3 Å². The van der Waals surface area contributed by atoms with Crippen molar-refractivity contribution in [3.8, 4) is 0 Å². The second kappa shape index (κ2) is 5.00. The lowest BCUT2D eigenvalue weighted by Crippen LogP contribution is -2.22. The molecule has 0 bridgehead atoms. The maximum Gasteiger partial charge on any atom is 0.257 e. The zero-order valence-electron chi connectivity index (χ0n) is 12.3. The van der Waals surface area contributed by atoms with Gasteiger partial charge in [0.25, 0.3) is 5.91 Å². The topological polar surface area (TPSA) is 72.9 Å². The molecular weight excluding hydrogens is 252 g/mol. The number of carbonyl (C=O) groups is 1. The average Bonchev–Trinajstić information content (AvgIpc) is 2.69. The third-order valence-corrected chi connectivity index (χ3v) is 3.18. The summed E-state index contributed by atoms with van der Waals surface area (Å²) in [5.41, 5.74) is 7.79. The molecule has 0 saturated carbocycles. The summed E-state index contributed by atoms with van der Waals surface area (Å²) in [5.74, 6) is 0.338. The number of carbonyl (C=O) groups excluding carboxylic acids is 1. The molecule has 20 heavy (non-hydrogen) atoms. The van der Waals surface area contributed by atoms with Crippen LogP contribution in [0.4, 0.5) is 11.5 Å². The molecule has 1 heterocycles. The lowest BCUT2D eigenvalue weighted by molar-refractivity contribution is 0.102. The number of aromatic nitrogens is 2. The number of rotatable bonds is 2. The van der Waals surface area contributed by atoms with Crippen LogP contribution in [-0.4, -0.2) is 15.7 Å². The number of benzene rings is 1. The van der Waals surface area contributed by atoms with Gasteiger partial charge in [-0.1, -0.05) is 39.0 Å². The Morgan fingerprint density at radius 2 is 1.95 bits per heavy atom. The van der Waals surface area contributed by atoms with Crippen LogP contribution in [0.2, 0.25) is 0 Å². The van der Waals surface area contributed by atoms with Gasteiger partial charge in [-0.15, -0.1) is 0 Å². The van der Waals surface area contributed by atoms with E-state index in [9.17, 15) is 4.79 Å². The standard InChI is InChI=1S/C15H20N4O/c1-15(2,3)11-8-6-5-7-10(11)14(20)18-13-12(16)9-17-19(13)4/h5-9H,16H2,1-4H3,(H,18,20). The van der Waals surface area contributed by atoms with E-state index in [2.05, 4.69) is 31.2 Å². The largest absolute Gasteiger partial charge is 0.394 e. The third-order valence-electron chi connectivity index (χ3n) is 3.18. The van der Waals surface area contributed by atoms with Gasteiger partial charge in [0.1, 0.15) is 0 Å². The molecule has 1 amide bonds. The molecule has 106 valence electrons. The molecule has 0 aliphatic carbocycles. The Morgan fingerprint density at radius 1 is 1.30 bits per heavy atom. The van der Waals surface area contributed by atoms with Crippen molar-refractivity contribution >= 4 is 17.4 Å². The van der Waals surface area contributed by atoms with Gasteiger partial charge in [0.15, 0.2) is 5.82 Å². The Labute approximate surface area is 118 Å². The predicted molar refractivity (Wildman–Crippen MR) is 80.7 cm³/mol. The van der Waals surface area contributed by atoms with Crippen molar-refractivity contribution in [3.63, 3.8) is 0 Å². The molecule has 0 aliphatic heterocycles. The maximum atomic E-state index is 12.5. The summed E-state index contributed by atoms with van der Waals surface area (Å²) < 4.78 is 1.55. The van der Waals surface area contributed by atoms with Crippen LogP contribution in [-0.2, 0) is 12.5 Å². The molecule has 0 fully saturated rings. The number of aryl methyl sites for hydroxylation is 1. The molecule has 5 nitrogen and oxygen atoms in total. The van der Waals surface area contributed by atoms with Crippen LogP contribution in [0.1, 0.15) is 36.7 Å². The summed E-state index contributed by atoms with van der Waals surface area (Å²) in [7, 11) is 1.74. The van der Waals surface area contributed by atoms with Crippen molar-refractivity contribution in [2.75, 3.05) is 11.1 Å². The number of nitrogens with zero attached hydrogens (tertiary/aromatic N) is 2. The van der Waals surface area contributed by atoms with E-state index in [0.29, 0.717) is 17.1 Å². The first-order chi connectivity index (χ1) is 9.30. The number of anilines is 2.